The number of hydrogen-bond donors (Lipinski definition) is 3. The molecule has 0 saturated carbocycles. The topological polar surface area (TPSA) is 67.2 Å². The molecule has 6 heteroatoms. The Hall–Kier alpha value is 0.0900. The van der Waals surface area contributed by atoms with Crippen LogP contribution in [0.4, 0.5) is 0 Å². The number of rotatable bonds is 23. The Morgan fingerprint density at radius 1 is 0.414 bits per heavy atom. The van der Waals surface area contributed by atoms with Gasteiger partial charge >= 0.3 is 0 Å². The molecule has 0 spiro atoms. The van der Waals surface area contributed by atoms with Crippen molar-refractivity contribution in [1.29, 1.82) is 0 Å². The number of nitrogens with zero attached hydrogens (tertiary/aromatic N) is 2. The lowest BCUT2D eigenvalue weighted by Gasteiger charge is -2.24. The van der Waals surface area contributed by atoms with Crippen LogP contribution in [0.1, 0.15) is 90.4 Å². The van der Waals surface area contributed by atoms with Crippen LogP contribution < -0.4 is 0 Å². The van der Waals surface area contributed by atoms with Crippen LogP contribution in [-0.4, -0.2) is 84.2 Å². The summed E-state index contributed by atoms with van der Waals surface area (Å²) in [5, 5.41) is 27.4. The van der Waals surface area contributed by atoms with Gasteiger partial charge in [0.1, 0.15) is 0 Å². The van der Waals surface area contributed by atoms with Crippen molar-refractivity contribution in [3.8, 4) is 0 Å². The third-order valence-corrected chi connectivity index (χ3v) is 5.53. The second kappa shape index (κ2) is 26.1. The van der Waals surface area contributed by atoms with Gasteiger partial charge in [-0.2, -0.15) is 0 Å². The molecule has 0 aromatic heterocycles. The average molecular weight is 439 g/mol. The number of unbranched alkanes of at least 4 members (excludes halogenated alkanes) is 11. The highest BCUT2D eigenvalue weighted by Gasteiger charge is 2.07. The van der Waals surface area contributed by atoms with E-state index in [1.54, 1.807) is 0 Å². The Balaban J connectivity index is 0. The number of aliphatic hydroxyl groups excluding tert-OH is 3. The Labute approximate surface area is 187 Å². The van der Waals surface area contributed by atoms with Crippen LogP contribution in [-0.2, 0) is 0 Å². The molecule has 0 unspecified atom stereocenters. The highest BCUT2D eigenvalue weighted by molar-refractivity contribution is 5.85. The van der Waals surface area contributed by atoms with E-state index in [-0.39, 0.29) is 32.2 Å². The molecule has 0 aromatic rings. The Kier molecular flexibility index (Phi) is 28.2. The summed E-state index contributed by atoms with van der Waals surface area (Å²) in [4.78, 5) is 4.45. The normalized spacial score (nSPS) is 11.4. The minimum Gasteiger partial charge on any atom is -0.395 e. The fourth-order valence-corrected chi connectivity index (χ4v) is 3.79. The smallest absolute Gasteiger partial charge is 0.0558 e. The number of halogens is 1. The van der Waals surface area contributed by atoms with E-state index in [0.29, 0.717) is 13.1 Å². The van der Waals surface area contributed by atoms with Crippen molar-refractivity contribution >= 4 is 12.4 Å². The van der Waals surface area contributed by atoms with E-state index in [2.05, 4.69) is 16.7 Å². The number of hydrogen-bond acceptors (Lipinski definition) is 5. The van der Waals surface area contributed by atoms with E-state index in [9.17, 15) is 5.11 Å². The molecule has 0 saturated heterocycles. The van der Waals surface area contributed by atoms with Crippen molar-refractivity contribution in [2.24, 2.45) is 0 Å². The first-order valence-corrected chi connectivity index (χ1v) is 12.1. The molecule has 0 fully saturated rings. The summed E-state index contributed by atoms with van der Waals surface area (Å²) in [7, 11) is 0. The maximum atomic E-state index is 9.29. The summed E-state index contributed by atoms with van der Waals surface area (Å²) in [6.07, 6.45) is 17.4. The molecule has 0 aliphatic heterocycles. The largest absolute Gasteiger partial charge is 0.395 e. The maximum absolute atomic E-state index is 9.29. The first-order chi connectivity index (χ1) is 13.8. The highest BCUT2D eigenvalue weighted by Crippen LogP contribution is 2.12. The van der Waals surface area contributed by atoms with Crippen LogP contribution in [0.3, 0.4) is 0 Å². The summed E-state index contributed by atoms with van der Waals surface area (Å²) in [6, 6.07) is 0. The van der Waals surface area contributed by atoms with E-state index >= 15 is 0 Å². The lowest BCUT2D eigenvalue weighted by molar-refractivity contribution is 0.147. The molecule has 0 bridgehead atoms. The van der Waals surface area contributed by atoms with Crippen LogP contribution in [0.5, 0.6) is 0 Å². The van der Waals surface area contributed by atoms with Gasteiger partial charge in [0.25, 0.3) is 0 Å². The molecule has 0 radical (unpaired) electrons. The number of aliphatic hydroxyl groups is 3. The molecule has 0 rings (SSSR count). The standard InChI is InChI=1S/C23H50N2O3.ClH/c1-2-3-4-5-6-7-8-9-10-11-12-13-15-24(18-21-26)16-14-17-25(19-22-27)20-23-28;/h26-28H,2-23H2,1H3;1H. The van der Waals surface area contributed by atoms with Gasteiger partial charge in [0.05, 0.1) is 19.8 Å². The Morgan fingerprint density at radius 3 is 1.10 bits per heavy atom. The first kappa shape index (κ1) is 31.3. The van der Waals surface area contributed by atoms with Crippen LogP contribution in [0.25, 0.3) is 0 Å². The van der Waals surface area contributed by atoms with Crippen LogP contribution in [0.2, 0.25) is 0 Å². The van der Waals surface area contributed by atoms with Gasteiger partial charge in [-0.3, -0.25) is 4.90 Å². The fourth-order valence-electron chi connectivity index (χ4n) is 3.79. The lowest BCUT2D eigenvalue weighted by atomic mass is 10.1. The van der Waals surface area contributed by atoms with Crippen molar-refractivity contribution in [3.05, 3.63) is 0 Å². The third-order valence-electron chi connectivity index (χ3n) is 5.53. The van der Waals surface area contributed by atoms with Gasteiger partial charge in [-0.15, -0.1) is 12.4 Å². The molecule has 29 heavy (non-hydrogen) atoms. The Bertz CT molecular complexity index is 293. The minimum atomic E-state index is 0. The molecular weight excluding hydrogens is 388 g/mol. The van der Waals surface area contributed by atoms with Crippen LogP contribution in [0, 0.1) is 0 Å². The van der Waals surface area contributed by atoms with Crippen LogP contribution >= 0.6 is 12.4 Å². The molecule has 3 N–H and O–H groups in total. The minimum absolute atomic E-state index is 0. The van der Waals surface area contributed by atoms with Gasteiger partial charge in [-0.05, 0) is 32.5 Å². The molecule has 0 aliphatic carbocycles. The molecule has 0 aromatic carbocycles. The molecule has 0 amide bonds. The predicted octanol–water partition coefficient (Wildman–Crippen LogP) is 4.08. The summed E-state index contributed by atoms with van der Waals surface area (Å²) in [5.74, 6) is 0. The fraction of sp³-hybridized carbons (Fsp3) is 1.00. The average Bonchev–Trinajstić information content (AvgIpc) is 2.69. The summed E-state index contributed by atoms with van der Waals surface area (Å²) in [6.45, 7) is 7.70. The quantitative estimate of drug-likeness (QED) is 0.210. The van der Waals surface area contributed by atoms with Gasteiger partial charge in [-0.1, -0.05) is 77.6 Å². The van der Waals surface area contributed by atoms with Crippen LogP contribution in [0.15, 0.2) is 0 Å². The molecule has 5 nitrogen and oxygen atoms in total. The zero-order chi connectivity index (χ0) is 20.7. The van der Waals surface area contributed by atoms with Gasteiger partial charge < -0.3 is 20.2 Å². The first-order valence-electron chi connectivity index (χ1n) is 12.1. The second-order valence-corrected chi connectivity index (χ2v) is 8.10. The van der Waals surface area contributed by atoms with Crippen molar-refractivity contribution in [2.75, 3.05) is 59.1 Å². The lowest BCUT2D eigenvalue weighted by Crippen LogP contribution is -2.35. The summed E-state index contributed by atoms with van der Waals surface area (Å²) < 4.78 is 0. The zero-order valence-electron chi connectivity index (χ0n) is 19.2. The molecule has 0 heterocycles. The zero-order valence-corrected chi connectivity index (χ0v) is 20.0. The maximum Gasteiger partial charge on any atom is 0.0558 e. The van der Waals surface area contributed by atoms with Crippen molar-refractivity contribution in [2.45, 2.75) is 90.4 Å². The van der Waals surface area contributed by atoms with Gasteiger partial charge in [0.15, 0.2) is 0 Å². The highest BCUT2D eigenvalue weighted by atomic mass is 35.5. The predicted molar refractivity (Wildman–Crippen MR) is 127 cm³/mol. The Morgan fingerprint density at radius 2 is 0.724 bits per heavy atom. The van der Waals surface area contributed by atoms with Gasteiger partial charge in [-0.25, -0.2) is 0 Å². The summed E-state index contributed by atoms with van der Waals surface area (Å²) in [5.41, 5.74) is 0. The van der Waals surface area contributed by atoms with Crippen molar-refractivity contribution in [1.82, 2.24) is 9.80 Å². The molecule has 0 aliphatic rings. The molecule has 178 valence electrons. The van der Waals surface area contributed by atoms with Crippen molar-refractivity contribution < 1.29 is 15.3 Å². The third kappa shape index (κ3) is 22.6. The molecule has 0 atom stereocenters. The second-order valence-electron chi connectivity index (χ2n) is 8.10. The monoisotopic (exact) mass is 438 g/mol. The van der Waals surface area contributed by atoms with E-state index in [1.807, 2.05) is 0 Å². The molecular formula is C23H51ClN2O3. The van der Waals surface area contributed by atoms with E-state index in [4.69, 9.17) is 10.2 Å². The van der Waals surface area contributed by atoms with Gasteiger partial charge in [0, 0.05) is 19.6 Å². The van der Waals surface area contributed by atoms with Gasteiger partial charge in [0.2, 0.25) is 0 Å². The SMILES string of the molecule is CCCCCCCCCCCCCCN(CCO)CCCN(CCO)CCO.Cl. The van der Waals surface area contributed by atoms with E-state index in [1.165, 1.54) is 77.0 Å². The van der Waals surface area contributed by atoms with E-state index in [0.717, 1.165) is 32.6 Å². The summed E-state index contributed by atoms with van der Waals surface area (Å²) >= 11 is 0. The van der Waals surface area contributed by atoms with Crippen molar-refractivity contribution in [3.63, 3.8) is 0 Å². The van der Waals surface area contributed by atoms with E-state index < -0.39 is 0 Å².